The molecule has 2 aromatic rings. The van der Waals surface area contributed by atoms with E-state index in [1.807, 2.05) is 25.1 Å². The highest BCUT2D eigenvalue weighted by Gasteiger charge is 2.05. The van der Waals surface area contributed by atoms with E-state index in [1.54, 1.807) is 0 Å². The predicted molar refractivity (Wildman–Crippen MR) is 87.2 cm³/mol. The van der Waals surface area contributed by atoms with Crippen molar-refractivity contribution in [2.24, 2.45) is 0 Å². The summed E-state index contributed by atoms with van der Waals surface area (Å²) in [6.07, 6.45) is 0. The number of nitrogens with two attached hydrogens (primary N) is 1. The highest BCUT2D eigenvalue weighted by atomic mass is 16.5. The average Bonchev–Trinajstić information content (AvgIpc) is 2.40. The maximum atomic E-state index is 5.85. The van der Waals surface area contributed by atoms with Crippen molar-refractivity contribution in [3.05, 3.63) is 52.6 Å². The molecule has 2 N–H and O–H groups in total. The van der Waals surface area contributed by atoms with Gasteiger partial charge in [-0.1, -0.05) is 17.7 Å². The molecular weight excluding hydrogens is 262 g/mol. The van der Waals surface area contributed by atoms with Crippen LogP contribution in [-0.2, 0) is 0 Å². The van der Waals surface area contributed by atoms with Gasteiger partial charge in [0.25, 0.3) is 0 Å². The van der Waals surface area contributed by atoms with Gasteiger partial charge < -0.3 is 15.2 Å². The van der Waals surface area contributed by atoms with Crippen molar-refractivity contribution < 1.29 is 9.47 Å². The van der Waals surface area contributed by atoms with Crippen molar-refractivity contribution in [2.75, 3.05) is 18.9 Å². The summed E-state index contributed by atoms with van der Waals surface area (Å²) in [5.74, 6) is 1.78. The summed E-state index contributed by atoms with van der Waals surface area (Å²) in [7, 11) is 0. The van der Waals surface area contributed by atoms with E-state index in [-0.39, 0.29) is 0 Å². The van der Waals surface area contributed by atoms with Crippen LogP contribution >= 0.6 is 0 Å². The molecule has 0 saturated carbocycles. The third-order valence-corrected chi connectivity index (χ3v) is 3.44. The van der Waals surface area contributed by atoms with Gasteiger partial charge in [0.15, 0.2) is 0 Å². The minimum absolute atomic E-state index is 0.510. The SMILES string of the molecule is Cc1cc(C)c(OCCOc2ccc(N)c(C)c2)c(C)c1. The van der Waals surface area contributed by atoms with Gasteiger partial charge >= 0.3 is 0 Å². The molecule has 0 aliphatic rings. The topological polar surface area (TPSA) is 44.5 Å². The summed E-state index contributed by atoms with van der Waals surface area (Å²) in [4.78, 5) is 0. The van der Waals surface area contributed by atoms with E-state index < -0.39 is 0 Å². The van der Waals surface area contributed by atoms with E-state index in [4.69, 9.17) is 15.2 Å². The van der Waals surface area contributed by atoms with E-state index >= 15 is 0 Å². The van der Waals surface area contributed by atoms with Crippen molar-refractivity contribution in [3.63, 3.8) is 0 Å². The van der Waals surface area contributed by atoms with Crippen molar-refractivity contribution in [1.29, 1.82) is 0 Å². The Bertz CT molecular complexity index is 612. The van der Waals surface area contributed by atoms with Crippen LogP contribution in [-0.4, -0.2) is 13.2 Å². The van der Waals surface area contributed by atoms with Gasteiger partial charge in [-0.05, 0) is 62.6 Å². The molecule has 0 radical (unpaired) electrons. The van der Waals surface area contributed by atoms with E-state index in [2.05, 4.69) is 32.9 Å². The van der Waals surface area contributed by atoms with Crippen molar-refractivity contribution in [2.45, 2.75) is 27.7 Å². The van der Waals surface area contributed by atoms with Gasteiger partial charge in [0.2, 0.25) is 0 Å². The lowest BCUT2D eigenvalue weighted by Crippen LogP contribution is -2.10. The summed E-state index contributed by atoms with van der Waals surface area (Å²) in [6.45, 7) is 9.23. The van der Waals surface area contributed by atoms with Gasteiger partial charge in [0, 0.05) is 5.69 Å². The summed E-state index contributed by atoms with van der Waals surface area (Å²) in [6, 6.07) is 9.95. The Morgan fingerprint density at radius 2 is 1.43 bits per heavy atom. The second-order valence-electron chi connectivity index (χ2n) is 5.44. The van der Waals surface area contributed by atoms with E-state index in [9.17, 15) is 0 Å². The molecule has 0 spiro atoms. The Morgan fingerprint density at radius 3 is 2.05 bits per heavy atom. The molecule has 21 heavy (non-hydrogen) atoms. The number of benzene rings is 2. The smallest absolute Gasteiger partial charge is 0.125 e. The van der Waals surface area contributed by atoms with Crippen molar-refractivity contribution in [1.82, 2.24) is 0 Å². The van der Waals surface area contributed by atoms with E-state index in [0.717, 1.165) is 33.9 Å². The molecule has 3 nitrogen and oxygen atoms in total. The number of aryl methyl sites for hydroxylation is 4. The normalized spacial score (nSPS) is 10.5. The lowest BCUT2D eigenvalue weighted by atomic mass is 10.1. The fourth-order valence-electron chi connectivity index (χ4n) is 2.44. The summed E-state index contributed by atoms with van der Waals surface area (Å²) in [5.41, 5.74) is 11.2. The zero-order valence-electron chi connectivity index (χ0n) is 13.2. The minimum atomic E-state index is 0.510. The zero-order chi connectivity index (χ0) is 15.4. The third-order valence-electron chi connectivity index (χ3n) is 3.44. The molecule has 0 aromatic heterocycles. The number of rotatable bonds is 5. The highest BCUT2D eigenvalue weighted by molar-refractivity contribution is 5.49. The maximum Gasteiger partial charge on any atom is 0.125 e. The summed E-state index contributed by atoms with van der Waals surface area (Å²) in [5, 5.41) is 0. The molecule has 2 rings (SSSR count). The van der Waals surface area contributed by atoms with Crippen LogP contribution in [0.1, 0.15) is 22.3 Å². The molecule has 0 unspecified atom stereocenters. The third kappa shape index (κ3) is 3.91. The van der Waals surface area contributed by atoms with Crippen molar-refractivity contribution in [3.8, 4) is 11.5 Å². The van der Waals surface area contributed by atoms with Gasteiger partial charge in [-0.3, -0.25) is 0 Å². The molecule has 0 bridgehead atoms. The van der Waals surface area contributed by atoms with Gasteiger partial charge in [-0.15, -0.1) is 0 Å². The average molecular weight is 285 g/mol. The molecular formula is C18H23NO2. The second-order valence-corrected chi connectivity index (χ2v) is 5.44. The first-order valence-corrected chi connectivity index (χ1v) is 7.17. The van der Waals surface area contributed by atoms with Crippen LogP contribution in [0.4, 0.5) is 5.69 Å². The number of hydrogen-bond acceptors (Lipinski definition) is 3. The number of anilines is 1. The van der Waals surface area contributed by atoms with Gasteiger partial charge in [-0.2, -0.15) is 0 Å². The lowest BCUT2D eigenvalue weighted by Gasteiger charge is -2.14. The van der Waals surface area contributed by atoms with Crippen LogP contribution in [0.15, 0.2) is 30.3 Å². The summed E-state index contributed by atoms with van der Waals surface area (Å²) >= 11 is 0. The monoisotopic (exact) mass is 285 g/mol. The molecule has 0 fully saturated rings. The van der Waals surface area contributed by atoms with Crippen LogP contribution in [0, 0.1) is 27.7 Å². The minimum Gasteiger partial charge on any atom is -0.490 e. The largest absolute Gasteiger partial charge is 0.490 e. The fraction of sp³-hybridized carbons (Fsp3) is 0.333. The lowest BCUT2D eigenvalue weighted by molar-refractivity contribution is 0.215. The van der Waals surface area contributed by atoms with Crippen molar-refractivity contribution >= 4 is 5.69 Å². The second kappa shape index (κ2) is 6.53. The van der Waals surface area contributed by atoms with Crippen LogP contribution in [0.25, 0.3) is 0 Å². The first kappa shape index (κ1) is 15.2. The van der Waals surface area contributed by atoms with E-state index in [0.29, 0.717) is 13.2 Å². The number of nitrogen functional groups attached to an aromatic ring is 1. The van der Waals surface area contributed by atoms with Gasteiger partial charge in [0.1, 0.15) is 24.7 Å². The van der Waals surface area contributed by atoms with Crippen LogP contribution in [0.3, 0.4) is 0 Å². The van der Waals surface area contributed by atoms with Gasteiger partial charge in [0.05, 0.1) is 0 Å². The molecule has 3 heteroatoms. The Morgan fingerprint density at radius 1 is 0.810 bits per heavy atom. The molecule has 0 aliphatic heterocycles. The zero-order valence-corrected chi connectivity index (χ0v) is 13.2. The first-order chi connectivity index (χ1) is 9.97. The Hall–Kier alpha value is -2.16. The highest BCUT2D eigenvalue weighted by Crippen LogP contribution is 2.24. The quantitative estimate of drug-likeness (QED) is 0.668. The molecule has 0 atom stereocenters. The van der Waals surface area contributed by atoms with Crippen LogP contribution in [0.5, 0.6) is 11.5 Å². The first-order valence-electron chi connectivity index (χ1n) is 7.17. The predicted octanol–water partition coefficient (Wildman–Crippen LogP) is 3.96. The molecule has 112 valence electrons. The van der Waals surface area contributed by atoms with E-state index in [1.165, 1.54) is 5.56 Å². The fourth-order valence-corrected chi connectivity index (χ4v) is 2.44. The van der Waals surface area contributed by atoms with Crippen LogP contribution < -0.4 is 15.2 Å². The maximum absolute atomic E-state index is 5.85. The van der Waals surface area contributed by atoms with Gasteiger partial charge in [-0.25, -0.2) is 0 Å². The molecule has 0 saturated heterocycles. The Labute approximate surface area is 126 Å². The number of hydrogen-bond donors (Lipinski definition) is 1. The molecule has 0 aliphatic carbocycles. The Kier molecular flexibility index (Phi) is 4.73. The molecule has 2 aromatic carbocycles. The molecule has 0 heterocycles. The Balaban J connectivity index is 1.89. The standard InChI is InChI=1S/C18H23NO2/c1-12-9-14(3)18(15(4)10-12)21-8-7-20-16-5-6-17(19)13(2)11-16/h5-6,9-11H,7-8,19H2,1-4H3. The van der Waals surface area contributed by atoms with Crippen LogP contribution in [0.2, 0.25) is 0 Å². The summed E-state index contributed by atoms with van der Waals surface area (Å²) < 4.78 is 11.5. The molecule has 0 amide bonds. The number of ether oxygens (including phenoxy) is 2.